The molecule has 1 fully saturated rings. The van der Waals surface area contributed by atoms with E-state index in [0.717, 1.165) is 29.2 Å². The van der Waals surface area contributed by atoms with Crippen LogP contribution < -0.4 is 10.1 Å². The van der Waals surface area contributed by atoms with Crippen LogP contribution in [-0.4, -0.2) is 52.5 Å². The van der Waals surface area contributed by atoms with Crippen molar-refractivity contribution in [2.45, 2.75) is 13.0 Å². The number of carbonyl (C=O) groups excluding carboxylic acids is 1. The molecule has 28 heavy (non-hydrogen) atoms. The molecule has 2 aromatic carbocycles. The Morgan fingerprint density at radius 3 is 2.68 bits per heavy atom. The highest BCUT2D eigenvalue weighted by Gasteiger charge is 2.33. The number of hydrogen-bond donors (Lipinski definition) is 1. The van der Waals surface area contributed by atoms with E-state index >= 15 is 0 Å². The summed E-state index contributed by atoms with van der Waals surface area (Å²) >= 11 is 0. The van der Waals surface area contributed by atoms with Crippen LogP contribution in [0.25, 0.3) is 5.69 Å². The molecular formula is C21H23N5O2. The Labute approximate surface area is 163 Å². The normalized spacial score (nSPS) is 16.8. The van der Waals surface area contributed by atoms with Crippen molar-refractivity contribution in [2.24, 2.45) is 0 Å². The molecule has 0 saturated carbocycles. The minimum atomic E-state index is -0.126. The van der Waals surface area contributed by atoms with Gasteiger partial charge in [-0.3, -0.25) is 4.79 Å². The molecule has 1 aliphatic rings. The average molecular weight is 377 g/mol. The molecule has 4 rings (SSSR count). The molecule has 0 radical (unpaired) electrons. The zero-order valence-corrected chi connectivity index (χ0v) is 16.0. The number of ether oxygens (including phenoxy) is 1. The van der Waals surface area contributed by atoms with Crippen molar-refractivity contribution in [2.75, 3.05) is 26.7 Å². The average Bonchev–Trinajstić information content (AvgIpc) is 3.15. The molecule has 2 heterocycles. The van der Waals surface area contributed by atoms with Crippen molar-refractivity contribution < 1.29 is 9.53 Å². The van der Waals surface area contributed by atoms with E-state index in [1.54, 1.807) is 11.8 Å². The standard InChI is InChI=1S/C21H23N5O2/c1-15-20(23-24-26(15)16-8-4-3-5-9-16)21(27)25-13-12-22-14-18(25)17-10-6-7-11-19(17)28-2/h3-11,18,22H,12-14H2,1-2H3. The highest BCUT2D eigenvalue weighted by atomic mass is 16.5. The molecule has 1 unspecified atom stereocenters. The van der Waals surface area contributed by atoms with Crippen LogP contribution in [-0.2, 0) is 0 Å². The molecule has 7 nitrogen and oxygen atoms in total. The van der Waals surface area contributed by atoms with E-state index in [9.17, 15) is 4.79 Å². The van der Waals surface area contributed by atoms with Gasteiger partial charge in [0, 0.05) is 25.2 Å². The largest absolute Gasteiger partial charge is 0.496 e. The first kappa shape index (κ1) is 18.2. The lowest BCUT2D eigenvalue weighted by Crippen LogP contribution is -2.49. The SMILES string of the molecule is COc1ccccc1C1CNCCN1C(=O)c1nnn(-c2ccccc2)c1C. The summed E-state index contributed by atoms with van der Waals surface area (Å²) in [5.41, 5.74) is 2.98. The predicted octanol–water partition coefficient (Wildman–Crippen LogP) is 2.37. The molecule has 7 heteroatoms. The van der Waals surface area contributed by atoms with Gasteiger partial charge in [-0.15, -0.1) is 5.10 Å². The number of nitrogens with zero attached hydrogens (tertiary/aromatic N) is 4. The smallest absolute Gasteiger partial charge is 0.276 e. The number of carbonyl (C=O) groups is 1. The van der Waals surface area contributed by atoms with Crippen molar-refractivity contribution in [3.63, 3.8) is 0 Å². The van der Waals surface area contributed by atoms with Gasteiger partial charge in [-0.1, -0.05) is 41.6 Å². The first-order chi connectivity index (χ1) is 13.7. The summed E-state index contributed by atoms with van der Waals surface area (Å²) in [5, 5.41) is 11.8. The van der Waals surface area contributed by atoms with Crippen molar-refractivity contribution in [1.29, 1.82) is 0 Å². The van der Waals surface area contributed by atoms with Gasteiger partial charge in [-0.05, 0) is 25.1 Å². The fourth-order valence-corrected chi connectivity index (χ4v) is 3.64. The van der Waals surface area contributed by atoms with E-state index in [1.165, 1.54) is 0 Å². The molecule has 1 atom stereocenters. The fraction of sp³-hybridized carbons (Fsp3) is 0.286. The summed E-state index contributed by atoms with van der Waals surface area (Å²) in [6.45, 7) is 3.88. The van der Waals surface area contributed by atoms with Gasteiger partial charge in [0.1, 0.15) is 5.75 Å². The fourth-order valence-electron chi connectivity index (χ4n) is 3.64. The van der Waals surface area contributed by atoms with Crippen molar-refractivity contribution in [3.05, 3.63) is 71.5 Å². The van der Waals surface area contributed by atoms with Gasteiger partial charge >= 0.3 is 0 Å². The molecule has 0 aliphatic carbocycles. The molecule has 1 amide bonds. The Morgan fingerprint density at radius 2 is 1.89 bits per heavy atom. The Bertz CT molecular complexity index is 970. The lowest BCUT2D eigenvalue weighted by Gasteiger charge is -2.36. The summed E-state index contributed by atoms with van der Waals surface area (Å²) in [7, 11) is 1.65. The maximum atomic E-state index is 13.4. The lowest BCUT2D eigenvalue weighted by molar-refractivity contribution is 0.0624. The van der Waals surface area contributed by atoms with Crippen LogP contribution in [0.5, 0.6) is 5.75 Å². The third kappa shape index (κ3) is 3.25. The summed E-state index contributed by atoms with van der Waals surface area (Å²) in [6.07, 6.45) is 0. The van der Waals surface area contributed by atoms with Crippen LogP contribution in [0.4, 0.5) is 0 Å². The monoisotopic (exact) mass is 377 g/mol. The maximum absolute atomic E-state index is 13.4. The highest BCUT2D eigenvalue weighted by molar-refractivity contribution is 5.93. The number of aromatic nitrogens is 3. The summed E-state index contributed by atoms with van der Waals surface area (Å²) in [5.74, 6) is 0.663. The maximum Gasteiger partial charge on any atom is 0.276 e. The number of rotatable bonds is 4. The van der Waals surface area contributed by atoms with Gasteiger partial charge in [-0.25, -0.2) is 4.68 Å². The van der Waals surface area contributed by atoms with E-state index in [4.69, 9.17) is 4.74 Å². The Hall–Kier alpha value is -3.19. The molecular weight excluding hydrogens is 354 g/mol. The number of amides is 1. The van der Waals surface area contributed by atoms with Crippen molar-refractivity contribution >= 4 is 5.91 Å². The summed E-state index contributed by atoms with van der Waals surface area (Å²) < 4.78 is 7.22. The van der Waals surface area contributed by atoms with E-state index in [0.29, 0.717) is 18.8 Å². The molecule has 1 aliphatic heterocycles. The number of methoxy groups -OCH3 is 1. The summed E-state index contributed by atoms with van der Waals surface area (Å²) in [4.78, 5) is 15.3. The van der Waals surface area contributed by atoms with Crippen molar-refractivity contribution in [3.8, 4) is 11.4 Å². The van der Waals surface area contributed by atoms with Gasteiger partial charge in [0.05, 0.1) is 24.5 Å². The van der Waals surface area contributed by atoms with Crippen molar-refractivity contribution in [1.82, 2.24) is 25.2 Å². The van der Waals surface area contributed by atoms with E-state index in [2.05, 4.69) is 15.6 Å². The Balaban J connectivity index is 1.67. The minimum Gasteiger partial charge on any atom is -0.496 e. The molecule has 144 valence electrons. The van der Waals surface area contributed by atoms with Gasteiger partial charge in [0.15, 0.2) is 5.69 Å². The van der Waals surface area contributed by atoms with Crippen LogP contribution in [0.15, 0.2) is 54.6 Å². The number of para-hydroxylation sites is 2. The molecule has 0 spiro atoms. The predicted molar refractivity (Wildman–Crippen MR) is 106 cm³/mol. The number of nitrogens with one attached hydrogen (secondary N) is 1. The van der Waals surface area contributed by atoms with Gasteiger partial charge in [0.2, 0.25) is 0 Å². The van der Waals surface area contributed by atoms with Gasteiger partial charge in [0.25, 0.3) is 5.91 Å². The van der Waals surface area contributed by atoms with E-state index < -0.39 is 0 Å². The van der Waals surface area contributed by atoms with Crippen LogP contribution in [0.2, 0.25) is 0 Å². The highest BCUT2D eigenvalue weighted by Crippen LogP contribution is 2.31. The Kier molecular flexibility index (Phi) is 5.08. The van der Waals surface area contributed by atoms with E-state index in [1.807, 2.05) is 66.4 Å². The van der Waals surface area contributed by atoms with Gasteiger partial charge < -0.3 is 15.0 Å². The second-order valence-corrected chi connectivity index (χ2v) is 6.73. The minimum absolute atomic E-state index is 0.114. The van der Waals surface area contributed by atoms with Crippen LogP contribution in [0, 0.1) is 6.92 Å². The lowest BCUT2D eigenvalue weighted by atomic mass is 10.0. The van der Waals surface area contributed by atoms with Gasteiger partial charge in [-0.2, -0.15) is 0 Å². The van der Waals surface area contributed by atoms with E-state index in [-0.39, 0.29) is 11.9 Å². The molecule has 1 aromatic heterocycles. The Morgan fingerprint density at radius 1 is 1.14 bits per heavy atom. The first-order valence-corrected chi connectivity index (χ1v) is 9.33. The second-order valence-electron chi connectivity index (χ2n) is 6.73. The number of piperazine rings is 1. The molecule has 1 saturated heterocycles. The number of benzene rings is 2. The number of hydrogen-bond acceptors (Lipinski definition) is 5. The zero-order chi connectivity index (χ0) is 19.5. The molecule has 1 N–H and O–H groups in total. The van der Waals surface area contributed by atoms with Crippen LogP contribution in [0.1, 0.15) is 27.8 Å². The third-order valence-corrected chi connectivity index (χ3v) is 5.10. The zero-order valence-electron chi connectivity index (χ0n) is 16.0. The topological polar surface area (TPSA) is 72.3 Å². The van der Waals surface area contributed by atoms with Crippen LogP contribution >= 0.6 is 0 Å². The molecule has 0 bridgehead atoms. The first-order valence-electron chi connectivity index (χ1n) is 9.33. The summed E-state index contributed by atoms with van der Waals surface area (Å²) in [6, 6.07) is 17.4. The molecule has 3 aromatic rings. The third-order valence-electron chi connectivity index (χ3n) is 5.10. The second kappa shape index (κ2) is 7.82. The quantitative estimate of drug-likeness (QED) is 0.756. The van der Waals surface area contributed by atoms with Crippen LogP contribution in [0.3, 0.4) is 0 Å².